The van der Waals surface area contributed by atoms with E-state index in [9.17, 15) is 4.79 Å². The Balaban J connectivity index is 0.00000288. The molecule has 0 spiro atoms. The van der Waals surface area contributed by atoms with Gasteiger partial charge in [0, 0.05) is 49.8 Å². The maximum absolute atomic E-state index is 11.7. The number of hydrogen-bond acceptors (Lipinski definition) is 3. The molecule has 1 saturated heterocycles. The van der Waals surface area contributed by atoms with Gasteiger partial charge in [-0.05, 0) is 31.5 Å². The highest BCUT2D eigenvalue weighted by Crippen LogP contribution is 2.29. The summed E-state index contributed by atoms with van der Waals surface area (Å²) in [4.78, 5) is 18.4. The van der Waals surface area contributed by atoms with Crippen LogP contribution < -0.4 is 10.6 Å². The van der Waals surface area contributed by atoms with Crippen LogP contribution in [0.1, 0.15) is 29.8 Å². The van der Waals surface area contributed by atoms with Crippen molar-refractivity contribution in [3.8, 4) is 0 Å². The van der Waals surface area contributed by atoms with Crippen LogP contribution in [0.5, 0.6) is 0 Å². The molecule has 1 heterocycles. The van der Waals surface area contributed by atoms with E-state index < -0.39 is 0 Å². The van der Waals surface area contributed by atoms with E-state index in [0.29, 0.717) is 12.1 Å². The number of carbonyl (C=O) groups is 1. The van der Waals surface area contributed by atoms with Crippen LogP contribution in [-0.4, -0.2) is 54.5 Å². The molecule has 0 aliphatic carbocycles. The Morgan fingerprint density at radius 1 is 1.42 bits per heavy atom. The number of thioether (sulfide) groups is 1. The zero-order chi connectivity index (χ0) is 16.9. The van der Waals surface area contributed by atoms with Gasteiger partial charge in [0.2, 0.25) is 0 Å². The van der Waals surface area contributed by atoms with E-state index in [2.05, 4.69) is 34.4 Å². The highest BCUT2D eigenvalue weighted by atomic mass is 127. The number of halogens is 1. The van der Waals surface area contributed by atoms with Gasteiger partial charge in [-0.1, -0.05) is 12.1 Å². The van der Waals surface area contributed by atoms with Crippen LogP contribution >= 0.6 is 35.7 Å². The molecule has 1 aromatic carbocycles. The maximum Gasteiger partial charge on any atom is 0.251 e. The summed E-state index contributed by atoms with van der Waals surface area (Å²) in [5.41, 5.74) is 1.75. The van der Waals surface area contributed by atoms with E-state index >= 15 is 0 Å². The molecule has 2 rings (SSSR count). The van der Waals surface area contributed by atoms with Crippen molar-refractivity contribution < 1.29 is 4.79 Å². The molecule has 2 N–H and O–H groups in total. The Morgan fingerprint density at radius 2 is 2.17 bits per heavy atom. The number of nitrogens with zero attached hydrogens (tertiary/aromatic N) is 2. The molecule has 0 unspecified atom stereocenters. The van der Waals surface area contributed by atoms with Crippen molar-refractivity contribution in [2.24, 2.45) is 4.99 Å². The number of nitrogens with one attached hydrogen (secondary N) is 2. The molecule has 0 atom stereocenters. The fraction of sp³-hybridized carbons (Fsp3) is 0.529. The lowest BCUT2D eigenvalue weighted by molar-refractivity contribution is 0.0963. The molecule has 0 saturated carbocycles. The molecule has 1 amide bonds. The molecular formula is C17H27IN4OS. The summed E-state index contributed by atoms with van der Waals surface area (Å²) >= 11 is 2.01. The number of aliphatic imine (C=N–C) groups is 1. The van der Waals surface area contributed by atoms with Crippen molar-refractivity contribution in [2.45, 2.75) is 25.1 Å². The lowest BCUT2D eigenvalue weighted by Crippen LogP contribution is -2.50. The lowest BCUT2D eigenvalue weighted by Gasteiger charge is -2.39. The summed E-state index contributed by atoms with van der Waals surface area (Å²) in [6.45, 7) is 7.18. The highest BCUT2D eigenvalue weighted by Gasteiger charge is 2.28. The fourth-order valence-electron chi connectivity index (χ4n) is 2.68. The van der Waals surface area contributed by atoms with Crippen LogP contribution in [-0.2, 0) is 6.54 Å². The second-order valence-corrected chi connectivity index (χ2v) is 8.01. The van der Waals surface area contributed by atoms with Gasteiger partial charge in [-0.25, -0.2) is 0 Å². The number of guanidine groups is 1. The van der Waals surface area contributed by atoms with Gasteiger partial charge in [-0.15, -0.1) is 24.0 Å². The van der Waals surface area contributed by atoms with Gasteiger partial charge >= 0.3 is 0 Å². The average molecular weight is 462 g/mol. The molecular weight excluding hydrogens is 435 g/mol. The second kappa shape index (κ2) is 9.50. The number of carbonyl (C=O) groups excluding carboxylic acids is 1. The first-order chi connectivity index (χ1) is 10.9. The monoisotopic (exact) mass is 462 g/mol. The van der Waals surface area contributed by atoms with Gasteiger partial charge in [0.1, 0.15) is 0 Å². The van der Waals surface area contributed by atoms with Crippen LogP contribution in [0.15, 0.2) is 29.3 Å². The molecule has 1 aliphatic rings. The largest absolute Gasteiger partial charge is 0.355 e. The third kappa shape index (κ3) is 5.84. The molecule has 1 aliphatic heterocycles. The third-order valence-electron chi connectivity index (χ3n) is 3.80. The standard InChI is InChI=1S/C17H26N4OS.HI/c1-17(2)12-21(8-9-23-17)16(19-4)20-11-13-6-5-7-14(10-13)15(22)18-3;/h5-7,10H,8-9,11-12H2,1-4H3,(H,18,22)(H,19,20);1H. The maximum atomic E-state index is 11.7. The zero-order valence-corrected chi connectivity index (χ0v) is 17.9. The Labute approximate surface area is 166 Å². The van der Waals surface area contributed by atoms with E-state index in [4.69, 9.17) is 0 Å². The summed E-state index contributed by atoms with van der Waals surface area (Å²) in [7, 11) is 3.46. The van der Waals surface area contributed by atoms with Crippen LogP contribution in [0.4, 0.5) is 0 Å². The zero-order valence-electron chi connectivity index (χ0n) is 14.8. The first-order valence-corrected chi connectivity index (χ1v) is 8.84. The minimum Gasteiger partial charge on any atom is -0.355 e. The van der Waals surface area contributed by atoms with E-state index in [1.54, 1.807) is 7.05 Å². The molecule has 7 heteroatoms. The Hall–Kier alpha value is -0.960. The molecule has 5 nitrogen and oxygen atoms in total. The van der Waals surface area contributed by atoms with E-state index in [1.165, 1.54) is 0 Å². The van der Waals surface area contributed by atoms with Crippen LogP contribution in [0, 0.1) is 0 Å². The number of rotatable bonds is 3. The predicted octanol–water partition coefficient (Wildman–Crippen LogP) is 2.57. The Bertz CT molecular complexity index is 592. The summed E-state index contributed by atoms with van der Waals surface area (Å²) < 4.78 is 0.245. The average Bonchev–Trinajstić information content (AvgIpc) is 2.54. The van der Waals surface area contributed by atoms with Gasteiger partial charge < -0.3 is 15.5 Å². The van der Waals surface area contributed by atoms with Gasteiger partial charge in [0.05, 0.1) is 0 Å². The van der Waals surface area contributed by atoms with Crippen LogP contribution in [0.25, 0.3) is 0 Å². The normalized spacial score (nSPS) is 17.0. The van der Waals surface area contributed by atoms with Crippen molar-refractivity contribution in [3.05, 3.63) is 35.4 Å². The summed E-state index contributed by atoms with van der Waals surface area (Å²) in [6.07, 6.45) is 0. The number of benzene rings is 1. The Morgan fingerprint density at radius 3 is 2.79 bits per heavy atom. The molecule has 0 radical (unpaired) electrons. The molecule has 134 valence electrons. The van der Waals surface area contributed by atoms with Crippen LogP contribution in [0.3, 0.4) is 0 Å². The van der Waals surface area contributed by atoms with Crippen LogP contribution in [0.2, 0.25) is 0 Å². The molecule has 1 fully saturated rings. The molecule has 24 heavy (non-hydrogen) atoms. The second-order valence-electron chi connectivity index (χ2n) is 6.21. The summed E-state index contributed by atoms with van der Waals surface area (Å²) in [6, 6.07) is 7.66. The number of hydrogen-bond donors (Lipinski definition) is 2. The van der Waals surface area contributed by atoms with Gasteiger partial charge in [-0.2, -0.15) is 11.8 Å². The third-order valence-corrected chi connectivity index (χ3v) is 5.10. The topological polar surface area (TPSA) is 56.7 Å². The minimum atomic E-state index is -0.0639. The highest BCUT2D eigenvalue weighted by molar-refractivity contribution is 14.0. The van der Waals surface area contributed by atoms with Crippen molar-refractivity contribution in [2.75, 3.05) is 32.9 Å². The first-order valence-electron chi connectivity index (χ1n) is 7.86. The van der Waals surface area contributed by atoms with Gasteiger partial charge in [-0.3, -0.25) is 9.79 Å². The first kappa shape index (κ1) is 21.1. The molecule has 0 aromatic heterocycles. The van der Waals surface area contributed by atoms with E-state index in [1.807, 2.05) is 43.1 Å². The van der Waals surface area contributed by atoms with Crippen molar-refractivity contribution >= 4 is 47.6 Å². The van der Waals surface area contributed by atoms with Crippen molar-refractivity contribution in [1.82, 2.24) is 15.5 Å². The minimum absolute atomic E-state index is 0. The van der Waals surface area contributed by atoms with E-state index in [0.717, 1.165) is 30.4 Å². The molecule has 0 bridgehead atoms. The quantitative estimate of drug-likeness (QED) is 0.412. The van der Waals surface area contributed by atoms with Gasteiger partial charge in [0.25, 0.3) is 5.91 Å². The summed E-state index contributed by atoms with van der Waals surface area (Å²) in [5, 5.41) is 6.06. The van der Waals surface area contributed by atoms with Crippen molar-refractivity contribution in [1.29, 1.82) is 0 Å². The Kier molecular flexibility index (Phi) is 8.35. The van der Waals surface area contributed by atoms with Gasteiger partial charge in [0.15, 0.2) is 5.96 Å². The molecule has 1 aromatic rings. The number of amides is 1. The SMILES string of the molecule is CN=C(NCc1cccc(C(=O)NC)c1)N1CCSC(C)(C)C1.I. The summed E-state index contributed by atoms with van der Waals surface area (Å²) in [5.74, 6) is 1.97. The lowest BCUT2D eigenvalue weighted by atomic mass is 10.1. The smallest absolute Gasteiger partial charge is 0.251 e. The van der Waals surface area contributed by atoms with E-state index in [-0.39, 0.29) is 34.6 Å². The van der Waals surface area contributed by atoms with Crippen molar-refractivity contribution in [3.63, 3.8) is 0 Å². The predicted molar refractivity (Wildman–Crippen MR) is 114 cm³/mol. The fourth-order valence-corrected chi connectivity index (χ4v) is 3.79.